The number of rotatable bonds is 18. The highest BCUT2D eigenvalue weighted by molar-refractivity contribution is 7.22. The minimum atomic E-state index is 1.03. The SMILES string of the molecule is c1ccc(N(c2ccccc2)c2ccc(-c3ccc4c(c3)c3ccccc3n4-c3ccc(-c4nc5ccccc5s4)cc3)cc2)cc1.c1ccc(N(c2ccccc2)c2ccc(-c3ccc4c(c3)c3ccccc3n4-c3cccc(-c4nc5ccccc5s4)c3)cc2)cc1.c1ccc(N(c2ccccc2)c2ccc(-c3ccc4c(c3)c3ccccc3n4-c3ccccc3-c3nc4ccccc4s3)cc2)cc1. The van der Waals surface area contributed by atoms with E-state index in [9.17, 15) is 0 Å². The second kappa shape index (κ2) is 37.3. The van der Waals surface area contributed by atoms with Crippen LogP contribution in [0.25, 0.3) is 178 Å². The fourth-order valence-corrected chi connectivity index (χ4v) is 22.8. The van der Waals surface area contributed by atoms with Crippen molar-refractivity contribution in [3.8, 4) is 82.2 Å². The van der Waals surface area contributed by atoms with E-state index in [4.69, 9.17) is 15.0 Å². The zero-order valence-electron chi connectivity index (χ0n) is 76.5. The Morgan fingerprint density at radius 1 is 0.163 bits per heavy atom. The summed E-state index contributed by atoms with van der Waals surface area (Å²) in [6, 6.07) is 188. The Hall–Kier alpha value is -17.9. The van der Waals surface area contributed by atoms with Gasteiger partial charge < -0.3 is 28.4 Å². The maximum absolute atomic E-state index is 5.03. The molecule has 0 amide bonds. The van der Waals surface area contributed by atoms with Crippen molar-refractivity contribution in [2.45, 2.75) is 0 Å². The van der Waals surface area contributed by atoms with E-state index in [0.29, 0.717) is 0 Å². The van der Waals surface area contributed by atoms with Crippen LogP contribution in [-0.4, -0.2) is 28.7 Å². The van der Waals surface area contributed by atoms with Gasteiger partial charge in [0.15, 0.2) is 0 Å². The number of para-hydroxylation sites is 13. The van der Waals surface area contributed by atoms with Crippen LogP contribution in [-0.2, 0) is 0 Å². The van der Waals surface area contributed by atoms with Crippen LogP contribution in [0, 0.1) is 0 Å². The van der Waals surface area contributed by atoms with Crippen molar-refractivity contribution in [1.29, 1.82) is 0 Å². The van der Waals surface area contributed by atoms with Crippen molar-refractivity contribution in [2.75, 3.05) is 14.7 Å². The summed E-state index contributed by atoms with van der Waals surface area (Å²) in [5.74, 6) is 0. The second-order valence-corrected chi connectivity index (χ2v) is 38.1. The molecule has 0 fully saturated rings. The van der Waals surface area contributed by atoms with Crippen LogP contribution >= 0.6 is 34.0 Å². The van der Waals surface area contributed by atoms with Crippen LogP contribution in [0.1, 0.15) is 0 Å². The van der Waals surface area contributed by atoms with Crippen molar-refractivity contribution in [3.05, 3.63) is 528 Å². The molecule has 0 saturated heterocycles. The number of aromatic nitrogens is 6. The standard InChI is InChI=1S/3C43H29N3S/c1-3-13-32(14-4-1)45(33-15-5-2-6-16-33)34-26-23-30(24-27-34)31-25-28-41-37(29-31)35-17-7-10-20-39(35)46(41)40-21-11-8-18-36(40)43-44-38-19-9-12-22-42(38)47-43;1-3-13-33(14-4-1)45(34-15-5-2-6-16-34)35-25-22-30(23-26-35)31-24-27-41-38(29-31)37-18-7-9-20-40(37)46(41)36-17-11-12-32(28-36)43-44-39-19-8-10-21-42(39)47-43;1-3-11-33(12-4-1)45(34-13-5-2-6-14-34)35-24-19-30(20-25-35)32-23-28-41-38(29-32)37-15-7-9-17-40(37)46(41)36-26-21-31(22-27-36)43-44-39-16-8-10-18-42(39)47-43/h3*1-29H. The summed E-state index contributed by atoms with van der Waals surface area (Å²) in [4.78, 5) is 21.7. The number of nitrogens with zero attached hydrogens (tertiary/aromatic N) is 9. The lowest BCUT2D eigenvalue weighted by molar-refractivity contribution is 1.18. The molecule has 0 saturated carbocycles. The van der Waals surface area contributed by atoms with Gasteiger partial charge >= 0.3 is 0 Å². The van der Waals surface area contributed by atoms with Crippen LogP contribution in [0.3, 0.4) is 0 Å². The number of anilines is 9. The molecule has 141 heavy (non-hydrogen) atoms. The first-order valence-corrected chi connectivity index (χ1v) is 49.9. The number of benzene rings is 21. The molecule has 0 spiro atoms. The second-order valence-electron chi connectivity index (χ2n) is 35.0. The lowest BCUT2D eigenvalue weighted by Crippen LogP contribution is -2.09. The molecule has 6 heterocycles. The minimum absolute atomic E-state index is 1.03. The first kappa shape index (κ1) is 84.8. The number of hydrogen-bond acceptors (Lipinski definition) is 9. The largest absolute Gasteiger partial charge is 0.311 e. The average Bonchev–Trinajstić information content (AvgIpc) is 1.59. The summed E-state index contributed by atoms with van der Waals surface area (Å²) in [5, 5.41) is 10.6. The molecular formula is C129H87N9S3. The Bertz CT molecular complexity index is 9000. The third kappa shape index (κ3) is 16.4. The molecule has 666 valence electrons. The summed E-state index contributed by atoms with van der Waals surface area (Å²) in [7, 11) is 0. The van der Waals surface area contributed by atoms with Crippen molar-refractivity contribution < 1.29 is 0 Å². The van der Waals surface area contributed by atoms with Gasteiger partial charge in [0.2, 0.25) is 0 Å². The Labute approximate surface area is 828 Å². The lowest BCUT2D eigenvalue weighted by Gasteiger charge is -2.25. The Kier molecular flexibility index (Phi) is 22.4. The van der Waals surface area contributed by atoms with Gasteiger partial charge in [-0.1, -0.05) is 279 Å². The molecule has 0 bridgehead atoms. The summed E-state index contributed by atoms with van der Waals surface area (Å²) < 4.78 is 10.8. The highest BCUT2D eigenvalue weighted by atomic mass is 32.1. The maximum atomic E-state index is 5.03. The molecular weight excluding hydrogens is 1770 g/mol. The van der Waals surface area contributed by atoms with Gasteiger partial charge in [0.25, 0.3) is 0 Å². The molecule has 21 aromatic carbocycles. The Morgan fingerprint density at radius 2 is 0.440 bits per heavy atom. The van der Waals surface area contributed by atoms with Crippen molar-refractivity contribution in [3.63, 3.8) is 0 Å². The summed E-state index contributed by atoms with van der Waals surface area (Å²) in [5.41, 5.74) is 34.4. The van der Waals surface area contributed by atoms with Crippen LogP contribution in [0.5, 0.6) is 0 Å². The van der Waals surface area contributed by atoms with Crippen molar-refractivity contribution in [2.24, 2.45) is 0 Å². The third-order valence-electron chi connectivity index (χ3n) is 26.5. The van der Waals surface area contributed by atoms with E-state index < -0.39 is 0 Å². The van der Waals surface area contributed by atoms with Crippen LogP contribution < -0.4 is 14.7 Å². The molecule has 0 aliphatic rings. The number of fused-ring (bicyclic) bond motifs is 12. The van der Waals surface area contributed by atoms with Gasteiger partial charge in [-0.25, -0.2) is 15.0 Å². The molecule has 27 aromatic rings. The first-order valence-electron chi connectivity index (χ1n) is 47.4. The van der Waals surface area contributed by atoms with Crippen LogP contribution in [0.4, 0.5) is 51.2 Å². The predicted molar refractivity (Wildman–Crippen MR) is 599 cm³/mol. The van der Waals surface area contributed by atoms with E-state index in [1.54, 1.807) is 34.0 Å². The third-order valence-corrected chi connectivity index (χ3v) is 29.7. The Morgan fingerprint density at radius 3 is 0.823 bits per heavy atom. The highest BCUT2D eigenvalue weighted by Crippen LogP contribution is 2.47. The molecule has 0 aliphatic carbocycles. The summed E-state index contributed by atoms with van der Waals surface area (Å²) >= 11 is 5.22. The van der Waals surface area contributed by atoms with E-state index in [-0.39, 0.29) is 0 Å². The van der Waals surface area contributed by atoms with Gasteiger partial charge in [-0.15, -0.1) is 34.0 Å². The van der Waals surface area contributed by atoms with Gasteiger partial charge in [0.1, 0.15) is 15.0 Å². The molecule has 9 nitrogen and oxygen atoms in total. The smallest absolute Gasteiger partial charge is 0.126 e. The normalized spacial score (nSPS) is 11.4. The topological polar surface area (TPSA) is 63.2 Å². The number of thiazole rings is 3. The minimum Gasteiger partial charge on any atom is -0.311 e. The highest BCUT2D eigenvalue weighted by Gasteiger charge is 2.24. The summed E-state index contributed by atoms with van der Waals surface area (Å²) in [6.45, 7) is 0. The molecule has 0 N–H and O–H groups in total. The van der Waals surface area contributed by atoms with Crippen LogP contribution in [0.15, 0.2) is 528 Å². The van der Waals surface area contributed by atoms with E-state index in [0.717, 1.165) is 117 Å². The van der Waals surface area contributed by atoms with Gasteiger partial charge in [-0.3, -0.25) is 0 Å². The Balaban J connectivity index is 0.000000111. The van der Waals surface area contributed by atoms with Crippen LogP contribution in [0.2, 0.25) is 0 Å². The predicted octanol–water partition coefficient (Wildman–Crippen LogP) is 36.6. The zero-order chi connectivity index (χ0) is 93.5. The van der Waals surface area contributed by atoms with Gasteiger partial charge in [-0.05, 0) is 282 Å². The van der Waals surface area contributed by atoms with Gasteiger partial charge in [0.05, 0.1) is 69.4 Å². The van der Waals surface area contributed by atoms with E-state index >= 15 is 0 Å². The molecule has 12 heteroatoms. The fraction of sp³-hybridized carbons (Fsp3) is 0. The molecule has 0 atom stereocenters. The summed E-state index contributed by atoms with van der Waals surface area (Å²) in [6.07, 6.45) is 0. The molecule has 0 aliphatic heterocycles. The molecule has 0 radical (unpaired) electrons. The van der Waals surface area contributed by atoms with Gasteiger partial charge in [-0.2, -0.15) is 0 Å². The van der Waals surface area contributed by atoms with E-state index in [2.05, 4.69) is 544 Å². The monoisotopic (exact) mass is 1860 g/mol. The average molecular weight is 1860 g/mol. The maximum Gasteiger partial charge on any atom is 0.126 e. The zero-order valence-corrected chi connectivity index (χ0v) is 78.9. The number of hydrogen-bond donors (Lipinski definition) is 0. The lowest BCUT2D eigenvalue weighted by atomic mass is 10.0. The van der Waals surface area contributed by atoms with E-state index in [1.165, 1.54) is 113 Å². The first-order chi connectivity index (χ1) is 69.9. The fourth-order valence-electron chi connectivity index (χ4n) is 19.8. The molecule has 0 unspecified atom stereocenters. The molecule has 6 aromatic heterocycles. The molecule has 27 rings (SSSR count). The van der Waals surface area contributed by atoms with Crippen molar-refractivity contribution in [1.82, 2.24) is 28.7 Å². The van der Waals surface area contributed by atoms with E-state index in [1.807, 2.05) is 12.1 Å². The quantitative estimate of drug-likeness (QED) is 0.0853. The van der Waals surface area contributed by atoms with Gasteiger partial charge in [0, 0.05) is 112 Å². The van der Waals surface area contributed by atoms with Crippen molar-refractivity contribution >= 4 is 181 Å².